The van der Waals surface area contributed by atoms with Crippen molar-refractivity contribution in [2.45, 2.75) is 24.5 Å². The van der Waals surface area contributed by atoms with Crippen LogP contribution in [0, 0.1) is 0 Å². The predicted octanol–water partition coefficient (Wildman–Crippen LogP) is 2.06. The van der Waals surface area contributed by atoms with Crippen LogP contribution in [-0.2, 0) is 17.4 Å². The van der Waals surface area contributed by atoms with E-state index in [9.17, 15) is 4.79 Å². The summed E-state index contributed by atoms with van der Waals surface area (Å²) in [7, 11) is 1.85. The van der Waals surface area contributed by atoms with E-state index in [4.69, 9.17) is 16.3 Å². The lowest BCUT2D eigenvalue weighted by atomic mass is 9.81. The summed E-state index contributed by atoms with van der Waals surface area (Å²) in [5.74, 6) is 0.0124. The van der Waals surface area contributed by atoms with E-state index < -0.39 is 5.60 Å². The van der Waals surface area contributed by atoms with Gasteiger partial charge in [-0.3, -0.25) is 9.48 Å². The monoisotopic (exact) mass is 338 g/mol. The van der Waals surface area contributed by atoms with Crippen molar-refractivity contribution in [3.05, 3.63) is 32.7 Å². The SMILES string of the molecule is Cn1cc([C@@H]2C[C@]3(CCN2)OCC(=O)c2cc(Cl)sc23)nn1. The summed E-state index contributed by atoms with van der Waals surface area (Å²) in [5, 5.41) is 11.7. The van der Waals surface area contributed by atoms with Gasteiger partial charge in [0.05, 0.1) is 16.1 Å². The molecule has 8 heteroatoms. The molecule has 2 aromatic rings. The van der Waals surface area contributed by atoms with Crippen LogP contribution in [0.2, 0.25) is 4.34 Å². The van der Waals surface area contributed by atoms with Gasteiger partial charge in [0, 0.05) is 30.1 Å². The molecule has 116 valence electrons. The third kappa shape index (κ3) is 2.20. The first-order valence-electron chi connectivity index (χ1n) is 7.14. The van der Waals surface area contributed by atoms with Crippen molar-refractivity contribution >= 4 is 28.7 Å². The molecule has 1 saturated heterocycles. The molecule has 1 spiro atoms. The molecule has 0 aliphatic carbocycles. The van der Waals surface area contributed by atoms with Crippen molar-refractivity contribution in [1.82, 2.24) is 20.3 Å². The molecule has 2 aliphatic rings. The molecule has 0 radical (unpaired) electrons. The Hall–Kier alpha value is -1.28. The van der Waals surface area contributed by atoms with E-state index in [1.54, 1.807) is 10.7 Å². The molecule has 2 aliphatic heterocycles. The Bertz CT molecular complexity index is 743. The van der Waals surface area contributed by atoms with Gasteiger partial charge in [0.2, 0.25) is 0 Å². The number of halogens is 1. The first-order chi connectivity index (χ1) is 10.6. The zero-order valence-electron chi connectivity index (χ0n) is 12.0. The van der Waals surface area contributed by atoms with Crippen LogP contribution < -0.4 is 5.32 Å². The van der Waals surface area contributed by atoms with Gasteiger partial charge < -0.3 is 10.1 Å². The fourth-order valence-electron chi connectivity index (χ4n) is 3.28. The topological polar surface area (TPSA) is 69.0 Å². The van der Waals surface area contributed by atoms with Crippen molar-refractivity contribution in [2.24, 2.45) is 7.05 Å². The van der Waals surface area contributed by atoms with Crippen molar-refractivity contribution < 1.29 is 9.53 Å². The van der Waals surface area contributed by atoms with E-state index in [0.29, 0.717) is 4.34 Å². The lowest BCUT2D eigenvalue weighted by Gasteiger charge is -2.42. The van der Waals surface area contributed by atoms with Crippen LogP contribution >= 0.6 is 22.9 Å². The largest absolute Gasteiger partial charge is 0.361 e. The number of ketones is 1. The molecule has 2 atom stereocenters. The van der Waals surface area contributed by atoms with E-state index >= 15 is 0 Å². The lowest BCUT2D eigenvalue weighted by molar-refractivity contribution is -0.0757. The summed E-state index contributed by atoms with van der Waals surface area (Å²) in [6.07, 6.45) is 3.46. The van der Waals surface area contributed by atoms with Crippen LogP contribution in [0.15, 0.2) is 12.3 Å². The van der Waals surface area contributed by atoms with Gasteiger partial charge in [-0.05, 0) is 19.0 Å². The van der Waals surface area contributed by atoms with Gasteiger partial charge in [0.1, 0.15) is 12.2 Å². The highest BCUT2D eigenvalue weighted by molar-refractivity contribution is 7.16. The molecule has 6 nitrogen and oxygen atoms in total. The zero-order chi connectivity index (χ0) is 15.3. The van der Waals surface area contributed by atoms with Gasteiger partial charge in [-0.25, -0.2) is 0 Å². The average molecular weight is 339 g/mol. The highest BCUT2D eigenvalue weighted by atomic mass is 35.5. The summed E-state index contributed by atoms with van der Waals surface area (Å²) >= 11 is 7.60. The third-order valence-electron chi connectivity index (χ3n) is 4.33. The molecular formula is C14H15ClN4O2S. The highest BCUT2D eigenvalue weighted by Crippen LogP contribution is 2.48. The second-order valence-corrected chi connectivity index (χ2v) is 7.46. The molecule has 0 bridgehead atoms. The number of aromatic nitrogens is 3. The number of aryl methyl sites for hydroxylation is 1. The van der Waals surface area contributed by atoms with Crippen LogP contribution in [0.1, 0.15) is 39.8 Å². The maximum atomic E-state index is 12.1. The number of carbonyl (C=O) groups excluding carboxylic acids is 1. The number of piperidine rings is 1. The van der Waals surface area contributed by atoms with Crippen molar-refractivity contribution in [3.63, 3.8) is 0 Å². The smallest absolute Gasteiger partial charge is 0.189 e. The van der Waals surface area contributed by atoms with Gasteiger partial charge >= 0.3 is 0 Å². The van der Waals surface area contributed by atoms with Gasteiger partial charge in [-0.15, -0.1) is 16.4 Å². The number of fused-ring (bicyclic) bond motifs is 2. The molecule has 0 unspecified atom stereocenters. The van der Waals surface area contributed by atoms with E-state index in [0.717, 1.165) is 35.5 Å². The molecule has 4 heterocycles. The van der Waals surface area contributed by atoms with E-state index in [1.807, 2.05) is 13.2 Å². The molecule has 0 saturated carbocycles. The van der Waals surface area contributed by atoms with Crippen molar-refractivity contribution in [3.8, 4) is 0 Å². The van der Waals surface area contributed by atoms with E-state index in [1.165, 1.54) is 11.3 Å². The van der Waals surface area contributed by atoms with Crippen LogP contribution in [0.5, 0.6) is 0 Å². The predicted molar refractivity (Wildman–Crippen MR) is 82.3 cm³/mol. The number of nitrogens with zero attached hydrogens (tertiary/aromatic N) is 3. The third-order valence-corrected chi connectivity index (χ3v) is 5.78. The number of ether oxygens (including phenoxy) is 1. The normalized spacial score (nSPS) is 28.1. The number of nitrogens with one attached hydrogen (secondary N) is 1. The quantitative estimate of drug-likeness (QED) is 0.862. The Kier molecular flexibility index (Phi) is 3.34. The fraction of sp³-hybridized carbons (Fsp3) is 0.500. The molecule has 4 rings (SSSR count). The first-order valence-corrected chi connectivity index (χ1v) is 8.33. The van der Waals surface area contributed by atoms with E-state index in [-0.39, 0.29) is 18.4 Å². The van der Waals surface area contributed by atoms with Crippen molar-refractivity contribution in [2.75, 3.05) is 13.2 Å². The van der Waals surface area contributed by atoms with Gasteiger partial charge in [-0.1, -0.05) is 16.8 Å². The maximum absolute atomic E-state index is 12.1. The molecule has 0 aromatic carbocycles. The summed E-state index contributed by atoms with van der Waals surface area (Å²) < 4.78 is 8.35. The lowest BCUT2D eigenvalue weighted by Crippen LogP contribution is -2.46. The van der Waals surface area contributed by atoms with Crippen LogP contribution in [-0.4, -0.2) is 33.9 Å². The maximum Gasteiger partial charge on any atom is 0.189 e. The zero-order valence-corrected chi connectivity index (χ0v) is 13.6. The summed E-state index contributed by atoms with van der Waals surface area (Å²) in [4.78, 5) is 13.0. The Morgan fingerprint density at radius 1 is 1.59 bits per heavy atom. The number of hydrogen-bond donors (Lipinski definition) is 1. The molecule has 1 fully saturated rings. The second-order valence-electron chi connectivity index (χ2n) is 5.78. The summed E-state index contributed by atoms with van der Waals surface area (Å²) in [6, 6.07) is 1.83. The second kappa shape index (κ2) is 5.13. The minimum Gasteiger partial charge on any atom is -0.361 e. The van der Waals surface area contributed by atoms with Crippen LogP contribution in [0.4, 0.5) is 0 Å². The Labute approximate surface area is 136 Å². The number of hydrogen-bond acceptors (Lipinski definition) is 6. The molecule has 22 heavy (non-hydrogen) atoms. The van der Waals surface area contributed by atoms with Gasteiger partial charge in [0.25, 0.3) is 0 Å². The van der Waals surface area contributed by atoms with Gasteiger partial charge in [-0.2, -0.15) is 0 Å². The average Bonchev–Trinajstić information content (AvgIpc) is 3.11. The highest BCUT2D eigenvalue weighted by Gasteiger charge is 2.46. The summed E-state index contributed by atoms with van der Waals surface area (Å²) in [5.41, 5.74) is 1.17. The number of rotatable bonds is 1. The standard InChI is InChI=1S/C14H15ClN4O2S/c1-19-6-10(17-18-19)9-5-14(2-3-16-9)13-8(4-12(15)22-13)11(20)7-21-14/h4,6,9,16H,2-3,5,7H2,1H3/t9-,14-/m0/s1. The van der Waals surface area contributed by atoms with Gasteiger partial charge in [0.15, 0.2) is 5.78 Å². The molecular weight excluding hydrogens is 324 g/mol. The fourth-order valence-corrected chi connectivity index (χ4v) is 4.70. The number of Topliss-reactive ketones (excluding diaryl/α,β-unsaturated/α-hetero) is 1. The first kappa shape index (κ1) is 14.3. The van der Waals surface area contributed by atoms with E-state index in [2.05, 4.69) is 15.6 Å². The minimum absolute atomic E-state index is 0.0124. The Morgan fingerprint density at radius 3 is 3.23 bits per heavy atom. The van der Waals surface area contributed by atoms with Crippen molar-refractivity contribution in [1.29, 1.82) is 0 Å². The van der Waals surface area contributed by atoms with Crippen LogP contribution in [0.3, 0.4) is 0 Å². The number of thiophene rings is 1. The minimum atomic E-state index is -0.450. The van der Waals surface area contributed by atoms with Crippen LogP contribution in [0.25, 0.3) is 0 Å². The molecule has 1 N–H and O–H groups in total. The Balaban J connectivity index is 1.72. The molecule has 2 aromatic heterocycles. The number of carbonyl (C=O) groups is 1. The summed E-state index contributed by atoms with van der Waals surface area (Å²) in [6.45, 7) is 0.914. The Morgan fingerprint density at radius 2 is 2.45 bits per heavy atom. The molecule has 0 amide bonds.